The van der Waals surface area contributed by atoms with Crippen molar-refractivity contribution in [1.82, 2.24) is 10.6 Å². The SMILES string of the molecule is C[C@H]1NC(=O)[C@]12CCCN2. The van der Waals surface area contributed by atoms with Gasteiger partial charge in [-0.05, 0) is 26.3 Å². The molecule has 1 spiro atoms. The lowest BCUT2D eigenvalue weighted by Crippen LogP contribution is -2.75. The van der Waals surface area contributed by atoms with Crippen molar-refractivity contribution >= 4 is 5.91 Å². The van der Waals surface area contributed by atoms with Crippen LogP contribution in [0.3, 0.4) is 0 Å². The maximum absolute atomic E-state index is 11.1. The molecular formula is C7H12N2O. The summed E-state index contributed by atoms with van der Waals surface area (Å²) >= 11 is 0. The molecule has 2 atom stereocenters. The van der Waals surface area contributed by atoms with Crippen molar-refractivity contribution in [3.63, 3.8) is 0 Å². The normalized spacial score (nSPS) is 45.3. The van der Waals surface area contributed by atoms with E-state index in [9.17, 15) is 4.79 Å². The van der Waals surface area contributed by atoms with Crippen LogP contribution in [0.5, 0.6) is 0 Å². The molecule has 3 heteroatoms. The Hall–Kier alpha value is -0.570. The summed E-state index contributed by atoms with van der Waals surface area (Å²) in [6.45, 7) is 3.05. The van der Waals surface area contributed by atoms with Gasteiger partial charge in [0.1, 0.15) is 5.54 Å². The van der Waals surface area contributed by atoms with E-state index < -0.39 is 0 Å². The van der Waals surface area contributed by atoms with Crippen molar-refractivity contribution in [1.29, 1.82) is 0 Å². The van der Waals surface area contributed by atoms with Crippen LogP contribution in [0.2, 0.25) is 0 Å². The Bertz CT molecular complexity index is 172. The molecule has 2 fully saturated rings. The highest BCUT2D eigenvalue weighted by Gasteiger charge is 2.53. The third kappa shape index (κ3) is 0.515. The zero-order valence-electron chi connectivity index (χ0n) is 6.11. The highest BCUT2D eigenvalue weighted by molar-refractivity contribution is 5.94. The summed E-state index contributed by atoms with van der Waals surface area (Å²) in [6, 6.07) is 0.336. The third-order valence-electron chi connectivity index (χ3n) is 2.68. The van der Waals surface area contributed by atoms with Crippen molar-refractivity contribution in [2.45, 2.75) is 31.3 Å². The molecule has 2 rings (SSSR count). The molecule has 0 bridgehead atoms. The van der Waals surface area contributed by atoms with E-state index in [1.54, 1.807) is 0 Å². The molecule has 2 aliphatic heterocycles. The lowest BCUT2D eigenvalue weighted by Gasteiger charge is -2.44. The first-order valence-electron chi connectivity index (χ1n) is 3.82. The average Bonchev–Trinajstić information content (AvgIpc) is 2.37. The molecule has 2 heterocycles. The standard InChI is InChI=1S/C7H12N2O/c1-5-7(6(10)9-5)3-2-4-8-7/h5,8H,2-4H2,1H3,(H,9,10)/t5-,7+/m1/s1. The van der Waals surface area contributed by atoms with Gasteiger partial charge in [-0.1, -0.05) is 0 Å². The number of β-lactam (4-membered cyclic amide) rings is 1. The van der Waals surface area contributed by atoms with E-state index in [1.165, 1.54) is 0 Å². The van der Waals surface area contributed by atoms with Crippen LogP contribution in [0.1, 0.15) is 19.8 Å². The fourth-order valence-electron chi connectivity index (χ4n) is 1.90. The summed E-state index contributed by atoms with van der Waals surface area (Å²) < 4.78 is 0. The largest absolute Gasteiger partial charge is 0.350 e. The summed E-state index contributed by atoms with van der Waals surface area (Å²) in [7, 11) is 0. The van der Waals surface area contributed by atoms with Crippen molar-refractivity contribution in [3.8, 4) is 0 Å². The lowest BCUT2D eigenvalue weighted by atomic mass is 9.81. The van der Waals surface area contributed by atoms with Crippen molar-refractivity contribution in [2.24, 2.45) is 0 Å². The van der Waals surface area contributed by atoms with Crippen molar-refractivity contribution in [3.05, 3.63) is 0 Å². The molecule has 3 nitrogen and oxygen atoms in total. The van der Waals surface area contributed by atoms with Gasteiger partial charge in [-0.3, -0.25) is 4.79 Å². The summed E-state index contributed by atoms with van der Waals surface area (Å²) in [5.41, 5.74) is -0.167. The highest BCUT2D eigenvalue weighted by Crippen LogP contribution is 2.29. The van der Waals surface area contributed by atoms with Crippen LogP contribution in [0, 0.1) is 0 Å². The van der Waals surface area contributed by atoms with Gasteiger partial charge in [0.25, 0.3) is 0 Å². The number of carbonyl (C=O) groups is 1. The zero-order valence-corrected chi connectivity index (χ0v) is 6.11. The van der Waals surface area contributed by atoms with Crippen molar-refractivity contribution < 1.29 is 4.79 Å². The summed E-state index contributed by atoms with van der Waals surface area (Å²) in [4.78, 5) is 11.1. The monoisotopic (exact) mass is 140 g/mol. The van der Waals surface area contributed by atoms with E-state index in [4.69, 9.17) is 0 Å². The Morgan fingerprint density at radius 3 is 2.80 bits per heavy atom. The Kier molecular flexibility index (Phi) is 1.06. The van der Waals surface area contributed by atoms with Gasteiger partial charge in [0.05, 0.1) is 6.04 Å². The van der Waals surface area contributed by atoms with Crippen LogP contribution >= 0.6 is 0 Å². The highest BCUT2D eigenvalue weighted by atomic mass is 16.2. The van der Waals surface area contributed by atoms with Crippen LogP contribution in [0.25, 0.3) is 0 Å². The average molecular weight is 140 g/mol. The molecule has 0 aliphatic carbocycles. The number of carbonyl (C=O) groups excluding carboxylic acids is 1. The minimum absolute atomic E-state index is 0.167. The van der Waals surface area contributed by atoms with Crippen molar-refractivity contribution in [2.75, 3.05) is 6.54 Å². The van der Waals surface area contributed by atoms with Crippen LogP contribution in [-0.2, 0) is 4.79 Å². The number of hydrogen-bond acceptors (Lipinski definition) is 2. The molecule has 0 saturated carbocycles. The van der Waals surface area contributed by atoms with Crippen LogP contribution in [-0.4, -0.2) is 24.0 Å². The summed E-state index contributed by atoms with van der Waals surface area (Å²) in [5, 5.41) is 6.09. The second-order valence-corrected chi connectivity index (χ2v) is 3.20. The van der Waals surface area contributed by atoms with Crippen LogP contribution < -0.4 is 10.6 Å². The second-order valence-electron chi connectivity index (χ2n) is 3.20. The Balaban J connectivity index is 2.19. The Labute approximate surface area is 60.2 Å². The topological polar surface area (TPSA) is 41.1 Å². The molecule has 10 heavy (non-hydrogen) atoms. The lowest BCUT2D eigenvalue weighted by molar-refractivity contribution is -0.138. The van der Waals surface area contributed by atoms with Gasteiger partial charge >= 0.3 is 0 Å². The summed E-state index contributed by atoms with van der Waals surface area (Å²) in [6.07, 6.45) is 2.15. The first-order valence-corrected chi connectivity index (χ1v) is 3.82. The molecule has 2 aliphatic rings. The Morgan fingerprint density at radius 1 is 1.70 bits per heavy atom. The predicted octanol–water partition coefficient (Wildman–Crippen LogP) is -0.373. The predicted molar refractivity (Wildman–Crippen MR) is 37.6 cm³/mol. The second kappa shape index (κ2) is 1.72. The van der Waals surface area contributed by atoms with Gasteiger partial charge in [-0.15, -0.1) is 0 Å². The van der Waals surface area contributed by atoms with Crippen LogP contribution in [0.15, 0.2) is 0 Å². The Morgan fingerprint density at radius 2 is 2.50 bits per heavy atom. The molecule has 0 unspecified atom stereocenters. The maximum atomic E-state index is 11.1. The van der Waals surface area contributed by atoms with Gasteiger partial charge in [-0.2, -0.15) is 0 Å². The van der Waals surface area contributed by atoms with E-state index >= 15 is 0 Å². The van der Waals surface area contributed by atoms with Crippen LogP contribution in [0.4, 0.5) is 0 Å². The molecule has 0 radical (unpaired) electrons. The molecule has 0 aromatic rings. The van der Waals surface area contributed by atoms with Gasteiger partial charge in [0, 0.05) is 0 Å². The maximum Gasteiger partial charge on any atom is 0.242 e. The first-order chi connectivity index (χ1) is 4.76. The molecule has 56 valence electrons. The number of rotatable bonds is 0. The van der Waals surface area contributed by atoms with E-state index in [1.807, 2.05) is 0 Å². The molecule has 0 aromatic heterocycles. The minimum Gasteiger partial charge on any atom is -0.350 e. The molecule has 2 saturated heterocycles. The minimum atomic E-state index is -0.167. The summed E-state index contributed by atoms with van der Waals surface area (Å²) in [5.74, 6) is 0.192. The van der Waals surface area contributed by atoms with Gasteiger partial charge in [0.15, 0.2) is 0 Å². The fraction of sp³-hybridized carbons (Fsp3) is 0.857. The van der Waals surface area contributed by atoms with Gasteiger partial charge in [-0.25, -0.2) is 0 Å². The first kappa shape index (κ1) is 6.16. The van der Waals surface area contributed by atoms with E-state index in [0.717, 1.165) is 19.4 Å². The van der Waals surface area contributed by atoms with E-state index in [-0.39, 0.29) is 11.4 Å². The fourth-order valence-corrected chi connectivity index (χ4v) is 1.90. The molecule has 0 aromatic carbocycles. The smallest absolute Gasteiger partial charge is 0.242 e. The molecule has 2 N–H and O–H groups in total. The van der Waals surface area contributed by atoms with E-state index in [2.05, 4.69) is 17.6 Å². The number of nitrogens with one attached hydrogen (secondary N) is 2. The quantitative estimate of drug-likeness (QED) is 0.451. The molecule has 1 amide bonds. The van der Waals surface area contributed by atoms with E-state index in [0.29, 0.717) is 6.04 Å². The number of hydrogen-bond donors (Lipinski definition) is 2. The third-order valence-corrected chi connectivity index (χ3v) is 2.68. The number of amides is 1. The zero-order chi connectivity index (χ0) is 7.19. The van der Waals surface area contributed by atoms with Gasteiger partial charge < -0.3 is 10.6 Å². The molecular weight excluding hydrogens is 128 g/mol. The van der Waals surface area contributed by atoms with Gasteiger partial charge in [0.2, 0.25) is 5.91 Å².